The molecule has 12 nitrogen and oxygen atoms in total. The molecule has 3 aromatic carbocycles. The third kappa shape index (κ3) is 6.08. The number of nitrogen functional groups attached to an aromatic ring is 1. The quantitative estimate of drug-likeness (QED) is 0.235. The molecule has 4 heterocycles. The first-order valence-electron chi connectivity index (χ1n) is 17.1. The highest BCUT2D eigenvalue weighted by atomic mass is 16.2. The van der Waals surface area contributed by atoms with Crippen LogP contribution in [0, 0.1) is 6.92 Å². The van der Waals surface area contributed by atoms with Crippen molar-refractivity contribution in [2.45, 2.75) is 57.8 Å². The summed E-state index contributed by atoms with van der Waals surface area (Å²) in [6.07, 6.45) is 8.35. The molecule has 0 saturated carbocycles. The van der Waals surface area contributed by atoms with Crippen molar-refractivity contribution in [1.82, 2.24) is 44.3 Å². The molecule has 1 saturated heterocycles. The van der Waals surface area contributed by atoms with Gasteiger partial charge in [0, 0.05) is 30.8 Å². The van der Waals surface area contributed by atoms with Crippen molar-refractivity contribution in [1.29, 1.82) is 0 Å². The zero-order chi connectivity index (χ0) is 34.2. The number of piperidine rings is 1. The SMILES string of the molecule is Cc1ccc(CN(C(=O)c2cccc(C(=O)N3CCC(n4cc(Cn5cnc6c(N)ncnc65)nn4)CC3)c2)C2CCc3ccccc32)cc1. The lowest BCUT2D eigenvalue weighted by Crippen LogP contribution is -2.39. The Balaban J connectivity index is 0.945. The molecular weight excluding hydrogens is 628 g/mol. The summed E-state index contributed by atoms with van der Waals surface area (Å²) in [5, 5.41) is 8.79. The van der Waals surface area contributed by atoms with Gasteiger partial charge >= 0.3 is 0 Å². The van der Waals surface area contributed by atoms with Gasteiger partial charge in [-0.05, 0) is 67.5 Å². The summed E-state index contributed by atoms with van der Waals surface area (Å²) in [6, 6.07) is 24.1. The van der Waals surface area contributed by atoms with E-state index in [4.69, 9.17) is 5.73 Å². The number of carbonyl (C=O) groups is 2. The van der Waals surface area contributed by atoms with Crippen LogP contribution >= 0.6 is 0 Å². The number of anilines is 1. The average Bonchev–Trinajstić information content (AvgIpc) is 3.91. The molecule has 8 rings (SSSR count). The summed E-state index contributed by atoms with van der Waals surface area (Å²) in [5.41, 5.74) is 13.7. The number of aryl methyl sites for hydroxylation is 2. The van der Waals surface area contributed by atoms with Crippen LogP contribution in [0.15, 0.2) is 91.6 Å². The molecule has 2 aliphatic rings. The predicted octanol–water partition coefficient (Wildman–Crippen LogP) is 5.16. The molecule has 1 aliphatic heterocycles. The molecule has 2 N–H and O–H groups in total. The second kappa shape index (κ2) is 13.2. The van der Waals surface area contributed by atoms with Crippen LogP contribution in [0.1, 0.15) is 80.0 Å². The number of benzene rings is 3. The Kier molecular flexibility index (Phi) is 8.27. The highest BCUT2D eigenvalue weighted by Crippen LogP contribution is 2.37. The van der Waals surface area contributed by atoms with Crippen LogP contribution in [-0.4, -0.2) is 69.2 Å². The van der Waals surface area contributed by atoms with E-state index in [0.29, 0.717) is 54.3 Å². The standard InChI is InChI=1S/C38H38N10O2/c1-25-9-11-26(12-10-25)20-47(33-14-13-27-5-2-3-8-32(27)33)38(50)29-7-4-6-28(19-29)37(49)45-17-15-31(16-18-45)48-22-30(43-44-48)21-46-24-42-34-35(39)40-23-41-36(34)46/h2-12,19,22-24,31,33H,13-18,20-21H2,1H3,(H2,39,40,41). The Morgan fingerprint density at radius 3 is 2.56 bits per heavy atom. The van der Waals surface area contributed by atoms with Crippen LogP contribution in [0.25, 0.3) is 11.2 Å². The Morgan fingerprint density at radius 1 is 0.920 bits per heavy atom. The van der Waals surface area contributed by atoms with E-state index < -0.39 is 0 Å². The monoisotopic (exact) mass is 666 g/mol. The van der Waals surface area contributed by atoms with Crippen LogP contribution in [0.5, 0.6) is 0 Å². The molecule has 252 valence electrons. The van der Waals surface area contributed by atoms with E-state index in [1.165, 1.54) is 23.0 Å². The van der Waals surface area contributed by atoms with Crippen molar-refractivity contribution >= 4 is 28.8 Å². The summed E-state index contributed by atoms with van der Waals surface area (Å²) < 4.78 is 3.76. The minimum Gasteiger partial charge on any atom is -0.382 e. The molecule has 50 heavy (non-hydrogen) atoms. The maximum absolute atomic E-state index is 14.3. The second-order valence-electron chi connectivity index (χ2n) is 13.3. The fourth-order valence-corrected chi connectivity index (χ4v) is 7.29. The van der Waals surface area contributed by atoms with Crippen molar-refractivity contribution in [2.75, 3.05) is 18.8 Å². The van der Waals surface area contributed by atoms with E-state index in [2.05, 4.69) is 74.7 Å². The number of amides is 2. The van der Waals surface area contributed by atoms with Crippen LogP contribution in [0.4, 0.5) is 5.82 Å². The first kappa shape index (κ1) is 31.4. The molecule has 1 atom stereocenters. The fraction of sp³-hybridized carbons (Fsp3) is 0.289. The van der Waals surface area contributed by atoms with E-state index in [-0.39, 0.29) is 23.9 Å². The van der Waals surface area contributed by atoms with E-state index in [1.807, 2.05) is 49.5 Å². The van der Waals surface area contributed by atoms with E-state index in [0.717, 1.165) is 36.9 Å². The summed E-state index contributed by atoms with van der Waals surface area (Å²) in [7, 11) is 0. The molecule has 2 amide bonds. The molecule has 12 heteroatoms. The summed E-state index contributed by atoms with van der Waals surface area (Å²) >= 11 is 0. The van der Waals surface area contributed by atoms with Gasteiger partial charge in [-0.15, -0.1) is 5.10 Å². The summed E-state index contributed by atoms with van der Waals surface area (Å²) in [5.74, 6) is 0.205. The lowest BCUT2D eigenvalue weighted by molar-refractivity contribution is 0.0658. The number of hydrogen-bond donors (Lipinski definition) is 1. The fourth-order valence-electron chi connectivity index (χ4n) is 7.29. The first-order chi connectivity index (χ1) is 24.4. The molecule has 3 aromatic heterocycles. The minimum absolute atomic E-state index is 0.0252. The molecule has 1 fully saturated rings. The van der Waals surface area contributed by atoms with Crippen LogP contribution in [-0.2, 0) is 19.5 Å². The number of likely N-dealkylation sites (tertiary alicyclic amines) is 1. The summed E-state index contributed by atoms with van der Waals surface area (Å²) in [6.45, 7) is 4.18. The van der Waals surface area contributed by atoms with Gasteiger partial charge in [0.15, 0.2) is 11.5 Å². The number of imidazole rings is 1. The van der Waals surface area contributed by atoms with Gasteiger partial charge in [-0.1, -0.05) is 65.4 Å². The minimum atomic E-state index is -0.0677. The zero-order valence-corrected chi connectivity index (χ0v) is 27.9. The van der Waals surface area contributed by atoms with Crippen molar-refractivity contribution in [2.24, 2.45) is 0 Å². The number of rotatable bonds is 8. The van der Waals surface area contributed by atoms with Gasteiger partial charge in [-0.25, -0.2) is 19.6 Å². The first-order valence-corrected chi connectivity index (χ1v) is 17.1. The largest absolute Gasteiger partial charge is 0.382 e. The van der Waals surface area contributed by atoms with Crippen molar-refractivity contribution in [3.63, 3.8) is 0 Å². The number of fused-ring (bicyclic) bond motifs is 2. The number of carbonyl (C=O) groups excluding carboxylic acids is 2. The van der Waals surface area contributed by atoms with Crippen molar-refractivity contribution in [3.05, 3.63) is 131 Å². The number of nitrogens with zero attached hydrogens (tertiary/aromatic N) is 9. The van der Waals surface area contributed by atoms with Gasteiger partial charge in [-0.2, -0.15) is 0 Å². The predicted molar refractivity (Wildman–Crippen MR) is 188 cm³/mol. The van der Waals surface area contributed by atoms with Crippen LogP contribution in [0.3, 0.4) is 0 Å². The number of hydrogen-bond acceptors (Lipinski definition) is 8. The lowest BCUT2D eigenvalue weighted by atomic mass is 10.0. The Bertz CT molecular complexity index is 2180. The molecule has 1 unspecified atom stereocenters. The third-order valence-corrected chi connectivity index (χ3v) is 10.0. The maximum Gasteiger partial charge on any atom is 0.254 e. The van der Waals surface area contributed by atoms with Gasteiger partial charge in [-0.3, -0.25) is 9.59 Å². The summed E-state index contributed by atoms with van der Waals surface area (Å²) in [4.78, 5) is 44.6. The second-order valence-corrected chi connectivity index (χ2v) is 13.3. The van der Waals surface area contributed by atoms with E-state index in [1.54, 1.807) is 12.4 Å². The van der Waals surface area contributed by atoms with Gasteiger partial charge in [0.1, 0.15) is 17.5 Å². The van der Waals surface area contributed by atoms with Crippen LogP contribution < -0.4 is 5.73 Å². The zero-order valence-electron chi connectivity index (χ0n) is 27.9. The lowest BCUT2D eigenvalue weighted by Gasteiger charge is -2.32. The van der Waals surface area contributed by atoms with Gasteiger partial charge in [0.2, 0.25) is 0 Å². The van der Waals surface area contributed by atoms with E-state index >= 15 is 0 Å². The van der Waals surface area contributed by atoms with Crippen molar-refractivity contribution in [3.8, 4) is 0 Å². The molecule has 0 spiro atoms. The van der Waals surface area contributed by atoms with Crippen LogP contribution in [0.2, 0.25) is 0 Å². The number of nitrogens with two attached hydrogens (primary N) is 1. The Morgan fingerprint density at radius 2 is 1.72 bits per heavy atom. The Labute approximate surface area is 289 Å². The van der Waals surface area contributed by atoms with Gasteiger partial charge in [0.25, 0.3) is 11.8 Å². The molecule has 0 bridgehead atoms. The van der Waals surface area contributed by atoms with E-state index in [9.17, 15) is 9.59 Å². The van der Waals surface area contributed by atoms with Gasteiger partial charge in [0.05, 0.1) is 31.2 Å². The average molecular weight is 667 g/mol. The highest BCUT2D eigenvalue weighted by Gasteiger charge is 2.32. The highest BCUT2D eigenvalue weighted by molar-refractivity contribution is 6.00. The molecular formula is C38H38N10O2. The number of aromatic nitrogens is 7. The molecule has 1 aliphatic carbocycles. The van der Waals surface area contributed by atoms with Crippen molar-refractivity contribution < 1.29 is 9.59 Å². The maximum atomic E-state index is 14.3. The topological polar surface area (TPSA) is 141 Å². The smallest absolute Gasteiger partial charge is 0.254 e. The van der Waals surface area contributed by atoms with Gasteiger partial charge < -0.3 is 20.1 Å². The Hall–Kier alpha value is -5.91. The third-order valence-electron chi connectivity index (χ3n) is 10.0. The molecule has 6 aromatic rings. The molecule has 0 radical (unpaired) electrons. The normalized spacial score (nSPS) is 16.1.